The summed E-state index contributed by atoms with van der Waals surface area (Å²) in [5.41, 5.74) is 9.05. The number of rotatable bonds is 7. The second kappa shape index (κ2) is 10.1. The lowest BCUT2D eigenvalue weighted by Gasteiger charge is -2.40. The van der Waals surface area contributed by atoms with Crippen LogP contribution in [0, 0.1) is 11.2 Å². The van der Waals surface area contributed by atoms with Crippen LogP contribution in [0.1, 0.15) is 51.9 Å². The SMILES string of the molecule is C=C(OCC)c1c(C(C)NC(=O)C2(C)COC(C)(C)OC2)nc2c(-c3cnc4ccc(F)cc4c3)cnn2c1N. The molecule has 40 heavy (non-hydrogen) atoms. The molecule has 0 spiro atoms. The number of hydrogen-bond donors (Lipinski definition) is 2. The van der Waals surface area contributed by atoms with Crippen LogP contribution in [0.15, 0.2) is 43.2 Å². The minimum atomic E-state index is -0.898. The van der Waals surface area contributed by atoms with Gasteiger partial charge < -0.3 is 25.3 Å². The van der Waals surface area contributed by atoms with Gasteiger partial charge in [0, 0.05) is 22.7 Å². The molecule has 1 amide bonds. The van der Waals surface area contributed by atoms with Crippen molar-refractivity contribution in [3.63, 3.8) is 0 Å². The normalized spacial score (nSPS) is 17.1. The predicted molar refractivity (Wildman–Crippen MR) is 149 cm³/mol. The number of ether oxygens (including phenoxy) is 3. The average molecular weight is 549 g/mol. The van der Waals surface area contributed by atoms with Crippen molar-refractivity contribution in [3.05, 3.63) is 60.3 Å². The number of amides is 1. The number of carbonyl (C=O) groups is 1. The summed E-state index contributed by atoms with van der Waals surface area (Å²) in [6.45, 7) is 13.9. The van der Waals surface area contributed by atoms with Gasteiger partial charge in [-0.25, -0.2) is 9.37 Å². The smallest absolute Gasteiger partial charge is 0.231 e. The molecule has 11 heteroatoms. The summed E-state index contributed by atoms with van der Waals surface area (Å²) in [6, 6.07) is 5.65. The molecule has 0 aliphatic carbocycles. The van der Waals surface area contributed by atoms with Crippen LogP contribution >= 0.6 is 0 Å². The number of pyridine rings is 1. The summed E-state index contributed by atoms with van der Waals surface area (Å²) in [5.74, 6) is -0.800. The first-order chi connectivity index (χ1) is 18.9. The fraction of sp³-hybridized carbons (Fsp3) is 0.379. The molecule has 0 bridgehead atoms. The fourth-order valence-corrected chi connectivity index (χ4v) is 4.65. The van der Waals surface area contributed by atoms with Crippen molar-refractivity contribution in [1.29, 1.82) is 0 Å². The van der Waals surface area contributed by atoms with Gasteiger partial charge >= 0.3 is 0 Å². The number of anilines is 1. The molecule has 3 aromatic heterocycles. The number of fused-ring (bicyclic) bond motifs is 2. The number of benzene rings is 1. The van der Waals surface area contributed by atoms with Crippen LogP contribution in [0.4, 0.5) is 10.2 Å². The molecule has 4 heterocycles. The van der Waals surface area contributed by atoms with Crippen LogP contribution < -0.4 is 11.1 Å². The highest BCUT2D eigenvalue weighted by molar-refractivity contribution is 5.88. The van der Waals surface area contributed by atoms with Crippen molar-refractivity contribution >= 4 is 34.0 Å². The molecule has 1 aromatic carbocycles. The zero-order valence-corrected chi connectivity index (χ0v) is 23.2. The van der Waals surface area contributed by atoms with Crippen molar-refractivity contribution in [2.75, 3.05) is 25.6 Å². The first kappa shape index (κ1) is 27.5. The van der Waals surface area contributed by atoms with Crippen molar-refractivity contribution in [3.8, 4) is 11.1 Å². The Morgan fingerprint density at radius 2 is 1.98 bits per heavy atom. The monoisotopic (exact) mass is 548 g/mol. The summed E-state index contributed by atoms with van der Waals surface area (Å²) in [5, 5.41) is 8.15. The maximum absolute atomic E-state index is 13.9. The van der Waals surface area contributed by atoms with Crippen LogP contribution in [0.2, 0.25) is 0 Å². The Hall–Kier alpha value is -4.09. The van der Waals surface area contributed by atoms with Gasteiger partial charge in [-0.1, -0.05) is 6.58 Å². The Bertz CT molecular complexity index is 1620. The Kier molecular flexibility index (Phi) is 6.97. The van der Waals surface area contributed by atoms with E-state index in [9.17, 15) is 9.18 Å². The molecule has 1 unspecified atom stereocenters. The highest BCUT2D eigenvalue weighted by Gasteiger charge is 2.42. The second-order valence-electron chi connectivity index (χ2n) is 10.7. The van der Waals surface area contributed by atoms with E-state index >= 15 is 0 Å². The Morgan fingerprint density at radius 1 is 1.25 bits per heavy atom. The van der Waals surface area contributed by atoms with E-state index in [1.54, 1.807) is 25.4 Å². The van der Waals surface area contributed by atoms with Gasteiger partial charge in [0.2, 0.25) is 5.91 Å². The van der Waals surface area contributed by atoms with E-state index in [0.717, 1.165) is 0 Å². The lowest BCUT2D eigenvalue weighted by Crippen LogP contribution is -2.53. The molecule has 1 fully saturated rings. The Morgan fingerprint density at radius 3 is 2.67 bits per heavy atom. The number of aromatic nitrogens is 4. The third-order valence-corrected chi connectivity index (χ3v) is 7.04. The van der Waals surface area contributed by atoms with E-state index in [4.69, 9.17) is 24.9 Å². The van der Waals surface area contributed by atoms with Gasteiger partial charge in [-0.3, -0.25) is 9.78 Å². The molecule has 1 aliphatic heterocycles. The van der Waals surface area contributed by atoms with Crippen molar-refractivity contribution in [1.82, 2.24) is 24.9 Å². The number of nitrogens with zero attached hydrogens (tertiary/aromatic N) is 4. The van der Waals surface area contributed by atoms with E-state index in [-0.39, 0.29) is 30.8 Å². The molecule has 210 valence electrons. The number of carbonyl (C=O) groups excluding carboxylic acids is 1. The molecule has 5 rings (SSSR count). The lowest BCUT2D eigenvalue weighted by molar-refractivity contribution is -0.277. The molecule has 10 nitrogen and oxygen atoms in total. The first-order valence-electron chi connectivity index (χ1n) is 13.1. The number of halogens is 1. The summed E-state index contributed by atoms with van der Waals surface area (Å²) < 4.78 is 32.6. The molecule has 0 radical (unpaired) electrons. The third-order valence-electron chi connectivity index (χ3n) is 7.04. The van der Waals surface area contributed by atoms with Gasteiger partial charge in [0.05, 0.1) is 54.2 Å². The minimum Gasteiger partial charge on any atom is -0.494 e. The maximum atomic E-state index is 13.9. The molecular formula is C29H33FN6O4. The van der Waals surface area contributed by atoms with Crippen LogP contribution in [0.5, 0.6) is 0 Å². The zero-order valence-electron chi connectivity index (χ0n) is 23.2. The van der Waals surface area contributed by atoms with E-state index in [1.807, 2.05) is 33.8 Å². The summed E-state index contributed by atoms with van der Waals surface area (Å²) in [7, 11) is 0. The summed E-state index contributed by atoms with van der Waals surface area (Å²) >= 11 is 0. The van der Waals surface area contributed by atoms with Crippen LogP contribution in [0.3, 0.4) is 0 Å². The van der Waals surface area contributed by atoms with Gasteiger partial charge in [-0.15, -0.1) is 0 Å². The third kappa shape index (κ3) is 4.98. The number of hydrogen-bond acceptors (Lipinski definition) is 8. The van der Waals surface area contributed by atoms with E-state index in [1.165, 1.54) is 16.6 Å². The summed E-state index contributed by atoms with van der Waals surface area (Å²) in [6.07, 6.45) is 3.30. The quantitative estimate of drug-likeness (QED) is 0.320. The van der Waals surface area contributed by atoms with Crippen molar-refractivity contribution in [2.24, 2.45) is 5.41 Å². The van der Waals surface area contributed by atoms with Crippen LogP contribution in [-0.2, 0) is 19.0 Å². The second-order valence-corrected chi connectivity index (χ2v) is 10.7. The molecule has 1 saturated heterocycles. The molecule has 1 atom stereocenters. The van der Waals surface area contributed by atoms with Crippen LogP contribution in [0.25, 0.3) is 33.4 Å². The first-order valence-corrected chi connectivity index (χ1v) is 13.1. The molecular weight excluding hydrogens is 515 g/mol. The zero-order chi connectivity index (χ0) is 28.8. The van der Waals surface area contributed by atoms with Gasteiger partial charge in [0.1, 0.15) is 17.4 Å². The Balaban J connectivity index is 1.57. The van der Waals surface area contributed by atoms with Gasteiger partial charge in [-0.2, -0.15) is 9.61 Å². The molecule has 4 aromatic rings. The lowest BCUT2D eigenvalue weighted by atomic mass is 9.89. The molecule has 0 saturated carbocycles. The number of nitrogens with two attached hydrogens (primary N) is 1. The Labute approximate surface area is 231 Å². The average Bonchev–Trinajstić information content (AvgIpc) is 3.34. The van der Waals surface area contributed by atoms with Gasteiger partial charge in [0.25, 0.3) is 0 Å². The van der Waals surface area contributed by atoms with Gasteiger partial charge in [-0.05, 0) is 58.9 Å². The van der Waals surface area contributed by atoms with Crippen molar-refractivity contribution < 1.29 is 23.4 Å². The fourth-order valence-electron chi connectivity index (χ4n) is 4.65. The van der Waals surface area contributed by atoms with E-state index < -0.39 is 17.2 Å². The van der Waals surface area contributed by atoms with E-state index in [2.05, 4.69) is 22.0 Å². The number of nitrogens with one attached hydrogen (secondary N) is 1. The highest BCUT2D eigenvalue weighted by Crippen LogP contribution is 2.35. The highest BCUT2D eigenvalue weighted by atomic mass is 19.1. The summed E-state index contributed by atoms with van der Waals surface area (Å²) in [4.78, 5) is 22.8. The van der Waals surface area contributed by atoms with Crippen LogP contribution in [-0.4, -0.2) is 51.1 Å². The molecule has 1 aliphatic rings. The topological polar surface area (TPSA) is 126 Å². The minimum absolute atomic E-state index is 0.202. The largest absolute Gasteiger partial charge is 0.494 e. The van der Waals surface area contributed by atoms with E-state index in [0.29, 0.717) is 51.3 Å². The number of nitrogen functional groups attached to an aromatic ring is 1. The maximum Gasteiger partial charge on any atom is 0.231 e. The standard InChI is InChI=1S/C29H33FN6O4/c1-7-38-17(3)23-24(16(2)34-27(37)29(6)14-39-28(4,5)40-15-29)35-26-21(13-33-36(26)25(23)31)19-10-18-11-20(30)8-9-22(18)32-12-19/h8-13,16H,3,7,14-15,31H2,1-2,4-6H3,(H,34,37). The predicted octanol–water partition coefficient (Wildman–Crippen LogP) is 4.64. The van der Waals surface area contributed by atoms with Crippen molar-refractivity contribution in [2.45, 2.75) is 46.4 Å². The van der Waals surface area contributed by atoms with Gasteiger partial charge in [0.15, 0.2) is 11.4 Å². The molecule has 3 N–H and O–H groups in total.